The molecule has 1 atom stereocenters. The van der Waals surface area contributed by atoms with Crippen LogP contribution in [0.15, 0.2) is 18.2 Å². The van der Waals surface area contributed by atoms with Gasteiger partial charge in [0.1, 0.15) is 28.9 Å². The maximum atomic E-state index is 12.6. The summed E-state index contributed by atoms with van der Waals surface area (Å²) in [5, 5.41) is 0. The Bertz CT molecular complexity index is 806. The Kier molecular flexibility index (Phi) is 3.82. The number of fused-ring (bicyclic) bond motifs is 1. The summed E-state index contributed by atoms with van der Waals surface area (Å²) in [4.78, 5) is 35.4. The van der Waals surface area contributed by atoms with Crippen LogP contribution in [0, 0.1) is 0 Å². The van der Waals surface area contributed by atoms with Crippen LogP contribution in [0.2, 0.25) is 0 Å². The summed E-state index contributed by atoms with van der Waals surface area (Å²) in [6.45, 7) is 4.85. The summed E-state index contributed by atoms with van der Waals surface area (Å²) in [5.41, 5.74) is -0.224. The van der Waals surface area contributed by atoms with E-state index in [9.17, 15) is 14.4 Å². The van der Waals surface area contributed by atoms with Gasteiger partial charge >= 0.3 is 11.9 Å². The number of benzene rings is 1. The van der Waals surface area contributed by atoms with Crippen LogP contribution in [0.4, 0.5) is 0 Å². The Hall–Kier alpha value is -2.83. The average molecular weight is 346 g/mol. The smallest absolute Gasteiger partial charge is 0.345 e. The molecule has 0 fully saturated rings. The van der Waals surface area contributed by atoms with Crippen LogP contribution in [0.5, 0.6) is 11.5 Å². The van der Waals surface area contributed by atoms with E-state index >= 15 is 0 Å². The van der Waals surface area contributed by atoms with Gasteiger partial charge < -0.3 is 23.7 Å². The molecule has 2 aliphatic rings. The molecule has 7 heteroatoms. The van der Waals surface area contributed by atoms with Crippen LogP contribution >= 0.6 is 0 Å². The summed E-state index contributed by atoms with van der Waals surface area (Å²) in [6, 6.07) is 3.18. The lowest BCUT2D eigenvalue weighted by molar-refractivity contribution is -0.144. The van der Waals surface area contributed by atoms with E-state index in [1.54, 1.807) is 32.9 Å². The number of methoxy groups -OCH3 is 1. The average Bonchev–Trinajstić information content (AvgIpc) is 2.79. The van der Waals surface area contributed by atoms with Crippen LogP contribution < -0.4 is 9.47 Å². The van der Waals surface area contributed by atoms with Gasteiger partial charge in [0.2, 0.25) is 5.79 Å². The van der Waals surface area contributed by atoms with Crippen LogP contribution in [-0.4, -0.2) is 36.7 Å². The van der Waals surface area contributed by atoms with E-state index in [1.807, 2.05) is 0 Å². The Labute approximate surface area is 144 Å². The molecule has 1 aromatic carbocycles. The first kappa shape index (κ1) is 17.0. The minimum Gasteiger partial charge on any atom is -0.497 e. The van der Waals surface area contributed by atoms with Crippen molar-refractivity contribution < 1.29 is 33.3 Å². The molecule has 2 heterocycles. The standard InChI is InChI=1S/C18H18O7/c1-17(2)23-13-8-10(22-4)7-11(15(13)16(21)25-17)12-9-14(20)24-18(12,3)5-6-19/h6-9H,5H2,1-4H3. The second-order valence-corrected chi connectivity index (χ2v) is 6.52. The third kappa shape index (κ3) is 2.86. The van der Waals surface area contributed by atoms with E-state index in [0.717, 1.165) is 0 Å². The highest BCUT2D eigenvalue weighted by molar-refractivity contribution is 6.06. The molecule has 3 rings (SSSR count). The van der Waals surface area contributed by atoms with E-state index < -0.39 is 23.3 Å². The fourth-order valence-electron chi connectivity index (χ4n) is 3.02. The maximum Gasteiger partial charge on any atom is 0.345 e. The topological polar surface area (TPSA) is 88.1 Å². The van der Waals surface area contributed by atoms with Gasteiger partial charge in [-0.3, -0.25) is 0 Å². The first-order chi connectivity index (χ1) is 11.7. The molecular weight excluding hydrogens is 328 g/mol. The molecule has 1 aromatic rings. The summed E-state index contributed by atoms with van der Waals surface area (Å²) >= 11 is 0. The van der Waals surface area contributed by atoms with Gasteiger partial charge in [-0.15, -0.1) is 0 Å². The Morgan fingerprint density at radius 2 is 1.84 bits per heavy atom. The molecule has 0 saturated carbocycles. The van der Waals surface area contributed by atoms with Crippen LogP contribution in [0.3, 0.4) is 0 Å². The van der Waals surface area contributed by atoms with Gasteiger partial charge in [0.05, 0.1) is 7.11 Å². The van der Waals surface area contributed by atoms with Crippen molar-refractivity contribution in [3.63, 3.8) is 0 Å². The monoisotopic (exact) mass is 346 g/mol. The number of cyclic esters (lactones) is 2. The zero-order valence-electron chi connectivity index (χ0n) is 14.4. The fourth-order valence-corrected chi connectivity index (χ4v) is 3.02. The molecule has 0 spiro atoms. The zero-order valence-corrected chi connectivity index (χ0v) is 14.4. The first-order valence-electron chi connectivity index (χ1n) is 7.72. The molecular formula is C18H18O7. The van der Waals surface area contributed by atoms with E-state index in [1.165, 1.54) is 13.2 Å². The van der Waals surface area contributed by atoms with Gasteiger partial charge in [0, 0.05) is 43.5 Å². The molecule has 25 heavy (non-hydrogen) atoms. The minimum absolute atomic E-state index is 0.0437. The van der Waals surface area contributed by atoms with Crippen molar-refractivity contribution in [1.29, 1.82) is 0 Å². The Morgan fingerprint density at radius 1 is 1.12 bits per heavy atom. The quantitative estimate of drug-likeness (QED) is 0.610. The van der Waals surface area contributed by atoms with Crippen molar-refractivity contribution >= 4 is 23.8 Å². The lowest BCUT2D eigenvalue weighted by Crippen LogP contribution is -2.39. The van der Waals surface area contributed by atoms with Crippen LogP contribution in [-0.2, 0) is 19.1 Å². The number of hydrogen-bond donors (Lipinski definition) is 0. The summed E-state index contributed by atoms with van der Waals surface area (Å²) in [7, 11) is 1.48. The molecule has 0 aromatic heterocycles. The third-order valence-electron chi connectivity index (χ3n) is 4.13. The summed E-state index contributed by atoms with van der Waals surface area (Å²) in [6.07, 6.45) is 1.89. The molecule has 1 unspecified atom stereocenters. The zero-order chi connectivity index (χ0) is 18.4. The third-order valence-corrected chi connectivity index (χ3v) is 4.13. The predicted octanol–water partition coefficient (Wildman–Crippen LogP) is 2.27. The summed E-state index contributed by atoms with van der Waals surface area (Å²) < 4.78 is 21.6. The lowest BCUT2D eigenvalue weighted by Gasteiger charge is -2.34. The van der Waals surface area contributed by atoms with Crippen molar-refractivity contribution in [3.05, 3.63) is 29.3 Å². The number of esters is 2. The molecule has 0 saturated heterocycles. The second kappa shape index (κ2) is 5.61. The molecule has 0 aliphatic carbocycles. The predicted molar refractivity (Wildman–Crippen MR) is 86.3 cm³/mol. The first-order valence-corrected chi connectivity index (χ1v) is 7.72. The van der Waals surface area contributed by atoms with Crippen molar-refractivity contribution in [2.24, 2.45) is 0 Å². The van der Waals surface area contributed by atoms with Crippen molar-refractivity contribution in [1.82, 2.24) is 0 Å². The maximum absolute atomic E-state index is 12.6. The van der Waals surface area contributed by atoms with E-state index in [2.05, 4.69) is 0 Å². The number of carbonyl (C=O) groups is 3. The highest BCUT2D eigenvalue weighted by Gasteiger charge is 2.44. The second-order valence-electron chi connectivity index (χ2n) is 6.52. The molecule has 0 bridgehead atoms. The molecule has 0 amide bonds. The highest BCUT2D eigenvalue weighted by Crippen LogP contribution is 2.45. The van der Waals surface area contributed by atoms with Crippen molar-refractivity contribution in [2.45, 2.75) is 38.6 Å². The number of ether oxygens (including phenoxy) is 4. The lowest BCUT2D eigenvalue weighted by atomic mass is 9.85. The molecule has 2 aliphatic heterocycles. The highest BCUT2D eigenvalue weighted by atomic mass is 16.7. The van der Waals surface area contributed by atoms with Crippen LogP contribution in [0.1, 0.15) is 43.1 Å². The van der Waals surface area contributed by atoms with Gasteiger partial charge in [-0.1, -0.05) is 0 Å². The van der Waals surface area contributed by atoms with Crippen molar-refractivity contribution in [2.75, 3.05) is 7.11 Å². The molecule has 0 N–H and O–H groups in total. The number of rotatable bonds is 4. The van der Waals surface area contributed by atoms with E-state index in [4.69, 9.17) is 18.9 Å². The minimum atomic E-state index is -1.17. The van der Waals surface area contributed by atoms with Gasteiger partial charge in [-0.25, -0.2) is 9.59 Å². The van der Waals surface area contributed by atoms with Crippen molar-refractivity contribution in [3.8, 4) is 11.5 Å². The van der Waals surface area contributed by atoms with Gasteiger partial charge in [-0.2, -0.15) is 0 Å². The number of aldehydes is 1. The number of hydrogen-bond acceptors (Lipinski definition) is 7. The van der Waals surface area contributed by atoms with Gasteiger partial charge in [0.15, 0.2) is 0 Å². The normalized spacial score (nSPS) is 23.8. The molecule has 7 nitrogen and oxygen atoms in total. The Balaban J connectivity index is 2.23. The van der Waals surface area contributed by atoms with Gasteiger partial charge in [-0.05, 0) is 13.0 Å². The largest absolute Gasteiger partial charge is 0.497 e. The van der Waals surface area contributed by atoms with E-state index in [-0.39, 0.29) is 17.7 Å². The SMILES string of the molecule is COc1cc2c(c(C3=CC(=O)OC3(C)CC=O)c1)C(=O)OC(C)(C)O2. The molecule has 0 radical (unpaired) electrons. The van der Waals surface area contributed by atoms with Gasteiger partial charge in [0.25, 0.3) is 0 Å². The fraction of sp³-hybridized carbons (Fsp3) is 0.389. The van der Waals surface area contributed by atoms with Crippen LogP contribution in [0.25, 0.3) is 5.57 Å². The molecule has 132 valence electrons. The Morgan fingerprint density at radius 3 is 2.48 bits per heavy atom. The van der Waals surface area contributed by atoms with E-state index in [0.29, 0.717) is 23.2 Å². The number of carbonyl (C=O) groups excluding carboxylic acids is 3. The summed E-state index contributed by atoms with van der Waals surface area (Å²) in [5.74, 6) is -1.58.